The van der Waals surface area contributed by atoms with Crippen LogP contribution in [0.3, 0.4) is 0 Å². The maximum atomic E-state index is 11.4. The maximum Gasteiger partial charge on any atom is 0.150 e. The summed E-state index contributed by atoms with van der Waals surface area (Å²) in [6.07, 6.45) is 0.713. The summed E-state index contributed by atoms with van der Waals surface area (Å²) in [5.74, 6) is 2.26. The van der Waals surface area contributed by atoms with Gasteiger partial charge < -0.3 is 5.32 Å². The van der Waals surface area contributed by atoms with Crippen molar-refractivity contribution in [3.63, 3.8) is 0 Å². The number of sulfone groups is 1. The summed E-state index contributed by atoms with van der Waals surface area (Å²) in [6, 6.07) is 1.66. The van der Waals surface area contributed by atoms with Crippen molar-refractivity contribution in [3.05, 3.63) is 17.0 Å². The van der Waals surface area contributed by atoms with Gasteiger partial charge in [-0.1, -0.05) is 25.4 Å². The molecule has 1 unspecified atom stereocenters. The molecule has 0 amide bonds. The molecule has 1 aliphatic rings. The molecule has 0 spiro atoms. The molecule has 1 N–H and O–H groups in total. The van der Waals surface area contributed by atoms with Crippen LogP contribution in [0.1, 0.15) is 32.0 Å². The van der Waals surface area contributed by atoms with Crippen molar-refractivity contribution in [3.8, 4) is 0 Å². The Morgan fingerprint density at radius 3 is 2.79 bits per heavy atom. The Balaban J connectivity index is 2.00. The average Bonchev–Trinajstić information content (AvgIpc) is 2.65. The van der Waals surface area contributed by atoms with E-state index in [9.17, 15) is 8.42 Å². The number of aromatic nitrogens is 2. The third-order valence-electron chi connectivity index (χ3n) is 3.13. The van der Waals surface area contributed by atoms with Crippen molar-refractivity contribution in [2.75, 3.05) is 23.4 Å². The van der Waals surface area contributed by atoms with Gasteiger partial charge in [0.1, 0.15) is 16.8 Å². The molecule has 106 valence electrons. The van der Waals surface area contributed by atoms with Gasteiger partial charge in [-0.2, -0.15) is 0 Å². The topological polar surface area (TPSA) is 72.0 Å². The predicted octanol–water partition coefficient (Wildman–Crippen LogP) is 2.10. The van der Waals surface area contributed by atoms with E-state index < -0.39 is 9.84 Å². The Bertz CT molecular complexity index is 560. The summed E-state index contributed by atoms with van der Waals surface area (Å²) < 4.78 is 22.8. The Kier molecular flexibility index (Phi) is 4.30. The Morgan fingerprint density at radius 2 is 2.21 bits per heavy atom. The summed E-state index contributed by atoms with van der Waals surface area (Å²) in [6.45, 7) is 4.60. The SMILES string of the molecule is CC(C)c1nc(Cl)cc(NCC2CCS(=O)(=O)C2)n1. The van der Waals surface area contributed by atoms with Crippen LogP contribution in [0.25, 0.3) is 0 Å². The molecule has 0 aromatic carbocycles. The predicted molar refractivity (Wildman–Crippen MR) is 76.4 cm³/mol. The highest BCUT2D eigenvalue weighted by molar-refractivity contribution is 7.91. The fourth-order valence-electron chi connectivity index (χ4n) is 2.07. The zero-order valence-electron chi connectivity index (χ0n) is 11.1. The van der Waals surface area contributed by atoms with Crippen molar-refractivity contribution in [1.29, 1.82) is 0 Å². The Morgan fingerprint density at radius 1 is 1.47 bits per heavy atom. The van der Waals surface area contributed by atoms with Crippen LogP contribution in [0.4, 0.5) is 5.82 Å². The van der Waals surface area contributed by atoms with Gasteiger partial charge in [0.05, 0.1) is 11.5 Å². The lowest BCUT2D eigenvalue weighted by atomic mass is 10.1. The van der Waals surface area contributed by atoms with E-state index in [-0.39, 0.29) is 17.6 Å². The smallest absolute Gasteiger partial charge is 0.150 e. The first-order valence-electron chi connectivity index (χ1n) is 6.34. The molecule has 1 saturated heterocycles. The highest BCUT2D eigenvalue weighted by atomic mass is 35.5. The van der Waals surface area contributed by atoms with Gasteiger partial charge in [-0.05, 0) is 12.3 Å². The molecule has 1 fully saturated rings. The number of hydrogen-bond donors (Lipinski definition) is 1. The second-order valence-electron chi connectivity index (χ2n) is 5.24. The van der Waals surface area contributed by atoms with Crippen LogP contribution < -0.4 is 5.32 Å². The Labute approximate surface area is 118 Å². The fourth-order valence-corrected chi connectivity index (χ4v) is 4.12. The zero-order chi connectivity index (χ0) is 14.0. The quantitative estimate of drug-likeness (QED) is 0.862. The minimum atomic E-state index is -2.83. The number of anilines is 1. The van der Waals surface area contributed by atoms with Gasteiger partial charge in [0, 0.05) is 18.5 Å². The standard InChI is InChI=1S/C12H18ClN3O2S/c1-8(2)12-15-10(13)5-11(16-12)14-6-9-3-4-19(17,18)7-9/h5,8-9H,3-4,6-7H2,1-2H3,(H,14,15,16). The van der Waals surface area contributed by atoms with Gasteiger partial charge in [-0.25, -0.2) is 18.4 Å². The molecular formula is C12H18ClN3O2S. The lowest BCUT2D eigenvalue weighted by molar-refractivity contribution is 0.595. The van der Waals surface area contributed by atoms with Crippen LogP contribution in [0.5, 0.6) is 0 Å². The van der Waals surface area contributed by atoms with Crippen molar-refractivity contribution < 1.29 is 8.42 Å². The van der Waals surface area contributed by atoms with Gasteiger partial charge in [-0.3, -0.25) is 0 Å². The van der Waals surface area contributed by atoms with Crippen LogP contribution in [0.15, 0.2) is 6.07 Å². The summed E-state index contributed by atoms with van der Waals surface area (Å²) in [5.41, 5.74) is 0. The third kappa shape index (κ3) is 4.04. The van der Waals surface area contributed by atoms with E-state index in [4.69, 9.17) is 11.6 Å². The number of nitrogens with one attached hydrogen (secondary N) is 1. The first-order valence-corrected chi connectivity index (χ1v) is 8.54. The molecule has 19 heavy (non-hydrogen) atoms. The van der Waals surface area contributed by atoms with Crippen molar-refractivity contribution in [2.24, 2.45) is 5.92 Å². The van der Waals surface area contributed by atoms with Crippen molar-refractivity contribution >= 4 is 27.3 Å². The minimum Gasteiger partial charge on any atom is -0.370 e. The minimum absolute atomic E-state index is 0.154. The van der Waals surface area contributed by atoms with Crippen LogP contribution >= 0.6 is 11.6 Å². The van der Waals surface area contributed by atoms with Gasteiger partial charge in [0.15, 0.2) is 9.84 Å². The zero-order valence-corrected chi connectivity index (χ0v) is 12.6. The molecule has 2 heterocycles. The molecule has 5 nitrogen and oxygen atoms in total. The van der Waals surface area contributed by atoms with Crippen molar-refractivity contribution in [2.45, 2.75) is 26.2 Å². The van der Waals surface area contributed by atoms with Crippen molar-refractivity contribution in [1.82, 2.24) is 9.97 Å². The monoisotopic (exact) mass is 303 g/mol. The van der Waals surface area contributed by atoms with Gasteiger partial charge in [0.25, 0.3) is 0 Å². The highest BCUT2D eigenvalue weighted by Gasteiger charge is 2.27. The second kappa shape index (κ2) is 5.63. The first kappa shape index (κ1) is 14.5. The Hall–Kier alpha value is -0.880. The molecule has 1 atom stereocenters. The van der Waals surface area contributed by atoms with E-state index in [2.05, 4.69) is 15.3 Å². The fraction of sp³-hybridized carbons (Fsp3) is 0.667. The number of halogens is 1. The summed E-state index contributed by atoms with van der Waals surface area (Å²) in [4.78, 5) is 8.53. The van der Waals surface area contributed by atoms with E-state index in [1.165, 1.54) is 0 Å². The summed E-state index contributed by atoms with van der Waals surface area (Å²) >= 11 is 5.95. The van der Waals surface area contributed by atoms with Crippen LogP contribution in [0.2, 0.25) is 5.15 Å². The molecule has 0 radical (unpaired) electrons. The first-order chi connectivity index (χ1) is 8.85. The average molecular weight is 304 g/mol. The maximum absolute atomic E-state index is 11.4. The molecule has 1 aromatic rings. The molecule has 0 saturated carbocycles. The highest BCUT2D eigenvalue weighted by Crippen LogP contribution is 2.20. The lowest BCUT2D eigenvalue weighted by Gasteiger charge is -2.12. The number of rotatable bonds is 4. The summed E-state index contributed by atoms with van der Waals surface area (Å²) in [5, 5.41) is 3.56. The van der Waals surface area contributed by atoms with Crippen LogP contribution in [-0.2, 0) is 9.84 Å². The van der Waals surface area contributed by atoms with Gasteiger partial charge in [-0.15, -0.1) is 0 Å². The second-order valence-corrected chi connectivity index (χ2v) is 7.85. The van der Waals surface area contributed by atoms with Crippen LogP contribution in [-0.4, -0.2) is 36.4 Å². The number of nitrogens with zero attached hydrogens (tertiary/aromatic N) is 2. The molecule has 1 aromatic heterocycles. The lowest BCUT2D eigenvalue weighted by Crippen LogP contribution is -2.17. The van der Waals surface area contributed by atoms with E-state index in [1.54, 1.807) is 6.07 Å². The normalized spacial score (nSPS) is 21.8. The molecule has 0 bridgehead atoms. The van der Waals surface area contributed by atoms with Gasteiger partial charge in [0.2, 0.25) is 0 Å². The summed E-state index contributed by atoms with van der Waals surface area (Å²) in [7, 11) is -2.83. The van der Waals surface area contributed by atoms with Crippen LogP contribution in [0, 0.1) is 5.92 Å². The largest absolute Gasteiger partial charge is 0.370 e. The van der Waals surface area contributed by atoms with Gasteiger partial charge >= 0.3 is 0 Å². The van der Waals surface area contributed by atoms with E-state index in [1.807, 2.05) is 13.8 Å². The number of hydrogen-bond acceptors (Lipinski definition) is 5. The molecule has 7 heteroatoms. The molecule has 1 aliphatic heterocycles. The van der Waals surface area contributed by atoms with E-state index in [0.717, 1.165) is 0 Å². The van der Waals surface area contributed by atoms with E-state index in [0.29, 0.717) is 35.5 Å². The van der Waals surface area contributed by atoms with E-state index >= 15 is 0 Å². The molecular weight excluding hydrogens is 286 g/mol. The third-order valence-corrected chi connectivity index (χ3v) is 5.16. The molecule has 0 aliphatic carbocycles. The molecule has 2 rings (SSSR count).